The highest BCUT2D eigenvalue weighted by Crippen LogP contribution is 2.15. The van der Waals surface area contributed by atoms with Crippen LogP contribution in [0.2, 0.25) is 0 Å². The number of carbonyl (C=O) groups excluding carboxylic acids is 1. The lowest BCUT2D eigenvalue weighted by atomic mass is 10.2. The summed E-state index contributed by atoms with van der Waals surface area (Å²) in [6.45, 7) is 2.05. The molecule has 1 rings (SSSR count). The van der Waals surface area contributed by atoms with E-state index in [1.807, 2.05) is 0 Å². The molecule has 0 unspecified atom stereocenters. The molecule has 20 heavy (non-hydrogen) atoms. The third-order valence-corrected chi connectivity index (χ3v) is 3.65. The number of rotatable bonds is 9. The highest BCUT2D eigenvalue weighted by Gasteiger charge is 2.02. The van der Waals surface area contributed by atoms with Crippen molar-refractivity contribution >= 4 is 17.7 Å². The van der Waals surface area contributed by atoms with Gasteiger partial charge in [0.1, 0.15) is 0 Å². The molecular formula is C13H21N3O3S. The van der Waals surface area contributed by atoms with Gasteiger partial charge in [-0.1, -0.05) is 31.5 Å². The standard InChI is InChI=1S/C13H21N3O3S/c1-2-6-10-9-12(18)15-13(14-10)20-8-5-3-4-7-11(17)16-19/h9,19H,2-8H2,1H3,(H,16,17)(H,14,15,18). The third kappa shape index (κ3) is 6.72. The number of unbranched alkanes of at least 4 members (excludes halogenated alkanes) is 2. The Kier molecular flexibility index (Phi) is 7.98. The van der Waals surface area contributed by atoms with E-state index in [4.69, 9.17) is 5.21 Å². The van der Waals surface area contributed by atoms with Gasteiger partial charge in [-0.15, -0.1) is 0 Å². The van der Waals surface area contributed by atoms with Crippen molar-refractivity contribution in [1.82, 2.24) is 15.4 Å². The van der Waals surface area contributed by atoms with E-state index in [2.05, 4.69) is 16.9 Å². The molecule has 7 heteroatoms. The smallest absolute Gasteiger partial charge is 0.251 e. The van der Waals surface area contributed by atoms with Crippen molar-refractivity contribution in [1.29, 1.82) is 0 Å². The van der Waals surface area contributed by atoms with Crippen LogP contribution in [0.15, 0.2) is 16.0 Å². The van der Waals surface area contributed by atoms with Gasteiger partial charge in [0.05, 0.1) is 0 Å². The lowest BCUT2D eigenvalue weighted by molar-refractivity contribution is -0.129. The number of amides is 1. The molecule has 1 aromatic heterocycles. The summed E-state index contributed by atoms with van der Waals surface area (Å²) in [6, 6.07) is 1.54. The molecule has 0 aliphatic rings. The van der Waals surface area contributed by atoms with Crippen LogP contribution in [0.25, 0.3) is 0 Å². The second kappa shape index (κ2) is 9.55. The quantitative estimate of drug-likeness (QED) is 0.213. The Bertz CT molecular complexity index is 476. The van der Waals surface area contributed by atoms with Gasteiger partial charge in [-0.05, 0) is 19.3 Å². The van der Waals surface area contributed by atoms with Crippen molar-refractivity contribution in [2.75, 3.05) is 5.75 Å². The zero-order valence-corrected chi connectivity index (χ0v) is 12.5. The summed E-state index contributed by atoms with van der Waals surface area (Å²) in [5, 5.41) is 9.00. The van der Waals surface area contributed by atoms with E-state index in [-0.39, 0.29) is 11.5 Å². The summed E-state index contributed by atoms with van der Waals surface area (Å²) < 4.78 is 0. The Morgan fingerprint density at radius 3 is 2.95 bits per heavy atom. The normalized spacial score (nSPS) is 10.5. The maximum absolute atomic E-state index is 11.5. The SMILES string of the molecule is CCCc1cc(=O)[nH]c(SCCCCCC(=O)NO)n1. The Labute approximate surface area is 122 Å². The minimum Gasteiger partial charge on any atom is -0.301 e. The lowest BCUT2D eigenvalue weighted by Crippen LogP contribution is -2.17. The van der Waals surface area contributed by atoms with Crippen molar-refractivity contribution < 1.29 is 10.0 Å². The van der Waals surface area contributed by atoms with E-state index in [9.17, 15) is 9.59 Å². The number of nitrogens with zero attached hydrogens (tertiary/aromatic N) is 1. The molecule has 0 aromatic carbocycles. The Morgan fingerprint density at radius 1 is 1.45 bits per heavy atom. The number of H-pyrrole nitrogens is 1. The summed E-state index contributed by atoms with van der Waals surface area (Å²) >= 11 is 1.52. The number of hydrogen-bond donors (Lipinski definition) is 3. The number of carbonyl (C=O) groups is 1. The van der Waals surface area contributed by atoms with E-state index >= 15 is 0 Å². The van der Waals surface area contributed by atoms with Crippen molar-refractivity contribution in [3.8, 4) is 0 Å². The fourth-order valence-electron chi connectivity index (χ4n) is 1.73. The number of hydroxylamine groups is 1. The first-order valence-corrected chi connectivity index (χ1v) is 7.80. The summed E-state index contributed by atoms with van der Waals surface area (Å²) in [5.74, 6) is 0.495. The van der Waals surface area contributed by atoms with Crippen LogP contribution in [0.3, 0.4) is 0 Å². The molecule has 112 valence electrons. The topological polar surface area (TPSA) is 95.1 Å². The first-order valence-electron chi connectivity index (χ1n) is 6.81. The molecule has 0 aliphatic carbocycles. The molecular weight excluding hydrogens is 278 g/mol. The van der Waals surface area contributed by atoms with E-state index in [1.54, 1.807) is 11.5 Å². The Hall–Kier alpha value is -1.34. The second-order valence-electron chi connectivity index (χ2n) is 4.49. The van der Waals surface area contributed by atoms with Crippen molar-refractivity contribution in [2.45, 2.75) is 50.6 Å². The highest BCUT2D eigenvalue weighted by molar-refractivity contribution is 7.99. The largest absolute Gasteiger partial charge is 0.301 e. The van der Waals surface area contributed by atoms with Gasteiger partial charge in [0.2, 0.25) is 5.91 Å². The molecule has 0 radical (unpaired) electrons. The number of nitrogens with one attached hydrogen (secondary N) is 2. The molecule has 1 heterocycles. The number of aryl methyl sites for hydroxylation is 1. The number of thioether (sulfide) groups is 1. The van der Waals surface area contributed by atoms with Crippen LogP contribution in [-0.4, -0.2) is 26.8 Å². The first-order chi connectivity index (χ1) is 9.65. The van der Waals surface area contributed by atoms with Crippen LogP contribution >= 0.6 is 11.8 Å². The molecule has 0 aliphatic heterocycles. The molecule has 1 amide bonds. The molecule has 0 spiro atoms. The molecule has 6 nitrogen and oxygen atoms in total. The molecule has 0 saturated carbocycles. The van der Waals surface area contributed by atoms with Gasteiger partial charge in [-0.3, -0.25) is 14.8 Å². The molecule has 1 aromatic rings. The van der Waals surface area contributed by atoms with Gasteiger partial charge >= 0.3 is 0 Å². The number of hydrogen-bond acceptors (Lipinski definition) is 5. The van der Waals surface area contributed by atoms with Crippen LogP contribution in [0.1, 0.15) is 44.7 Å². The lowest BCUT2D eigenvalue weighted by Gasteiger charge is -2.03. The van der Waals surface area contributed by atoms with Gasteiger partial charge < -0.3 is 4.98 Å². The van der Waals surface area contributed by atoms with Crippen LogP contribution in [0.5, 0.6) is 0 Å². The van der Waals surface area contributed by atoms with Crippen LogP contribution < -0.4 is 11.0 Å². The summed E-state index contributed by atoms with van der Waals surface area (Å²) in [5.41, 5.74) is 2.34. The van der Waals surface area contributed by atoms with Crippen molar-refractivity contribution in [2.24, 2.45) is 0 Å². The monoisotopic (exact) mass is 299 g/mol. The molecule has 0 fully saturated rings. The van der Waals surface area contributed by atoms with Crippen molar-refractivity contribution in [3.63, 3.8) is 0 Å². The van der Waals surface area contributed by atoms with E-state index in [1.165, 1.54) is 11.8 Å². The fraction of sp³-hybridized carbons (Fsp3) is 0.615. The summed E-state index contributed by atoms with van der Waals surface area (Å²) in [4.78, 5) is 29.4. The predicted octanol–water partition coefficient (Wildman–Crippen LogP) is 1.88. The zero-order valence-electron chi connectivity index (χ0n) is 11.6. The fourth-order valence-corrected chi connectivity index (χ4v) is 2.62. The van der Waals surface area contributed by atoms with Crippen LogP contribution in [0, 0.1) is 0 Å². The van der Waals surface area contributed by atoms with Gasteiger partial charge in [0.25, 0.3) is 5.56 Å². The molecule has 3 N–H and O–H groups in total. The van der Waals surface area contributed by atoms with Gasteiger partial charge in [0, 0.05) is 23.9 Å². The molecule has 0 bridgehead atoms. The highest BCUT2D eigenvalue weighted by atomic mass is 32.2. The van der Waals surface area contributed by atoms with E-state index in [0.717, 1.165) is 43.6 Å². The van der Waals surface area contributed by atoms with Gasteiger partial charge in [0.15, 0.2) is 5.16 Å². The van der Waals surface area contributed by atoms with Gasteiger partial charge in [-0.2, -0.15) is 0 Å². The summed E-state index contributed by atoms with van der Waals surface area (Å²) in [6.07, 6.45) is 4.70. The zero-order chi connectivity index (χ0) is 14.8. The first kappa shape index (κ1) is 16.7. The number of aromatic amines is 1. The minimum atomic E-state index is -0.351. The van der Waals surface area contributed by atoms with E-state index in [0.29, 0.717) is 11.6 Å². The van der Waals surface area contributed by atoms with Crippen molar-refractivity contribution in [3.05, 3.63) is 22.1 Å². The minimum absolute atomic E-state index is 0.106. The average molecular weight is 299 g/mol. The maximum atomic E-state index is 11.5. The summed E-state index contributed by atoms with van der Waals surface area (Å²) in [7, 11) is 0. The second-order valence-corrected chi connectivity index (χ2v) is 5.57. The van der Waals surface area contributed by atoms with Crippen LogP contribution in [-0.2, 0) is 11.2 Å². The Morgan fingerprint density at radius 2 is 2.25 bits per heavy atom. The molecule has 0 atom stereocenters. The third-order valence-electron chi connectivity index (χ3n) is 2.69. The Balaban J connectivity index is 2.28. The predicted molar refractivity (Wildman–Crippen MR) is 78.0 cm³/mol. The maximum Gasteiger partial charge on any atom is 0.251 e. The van der Waals surface area contributed by atoms with Crippen LogP contribution in [0.4, 0.5) is 0 Å². The molecule has 0 saturated heterocycles. The average Bonchev–Trinajstić information content (AvgIpc) is 2.42. The van der Waals surface area contributed by atoms with Gasteiger partial charge in [-0.25, -0.2) is 10.5 Å². The number of aromatic nitrogens is 2. The van der Waals surface area contributed by atoms with E-state index < -0.39 is 0 Å².